The highest BCUT2D eigenvalue weighted by molar-refractivity contribution is 6.01. The molecule has 0 saturated carbocycles. The molecule has 1 aliphatic heterocycles. The van der Waals surface area contributed by atoms with E-state index in [0.717, 1.165) is 29.9 Å². The van der Waals surface area contributed by atoms with Crippen LogP contribution in [0.1, 0.15) is 40.4 Å². The van der Waals surface area contributed by atoms with Crippen LogP contribution in [0, 0.1) is 13.8 Å². The molecule has 1 aromatic carbocycles. The van der Waals surface area contributed by atoms with E-state index in [2.05, 4.69) is 20.4 Å². The van der Waals surface area contributed by atoms with Crippen molar-refractivity contribution < 1.29 is 9.59 Å². The highest BCUT2D eigenvalue weighted by Crippen LogP contribution is 2.17. The lowest BCUT2D eigenvalue weighted by atomic mass is 10.2. The number of likely N-dealkylation sites (tertiary alicyclic amines) is 1. The van der Waals surface area contributed by atoms with Crippen molar-refractivity contribution >= 4 is 23.3 Å². The first-order valence-corrected chi connectivity index (χ1v) is 8.89. The number of nitrogens with zero attached hydrogens (tertiary/aromatic N) is 5. The van der Waals surface area contributed by atoms with Crippen molar-refractivity contribution in [3.05, 3.63) is 53.1 Å². The van der Waals surface area contributed by atoms with Crippen LogP contribution in [-0.2, 0) is 11.3 Å². The van der Waals surface area contributed by atoms with E-state index in [1.165, 1.54) is 0 Å². The Morgan fingerprint density at radius 2 is 2.07 bits per heavy atom. The number of benzene rings is 1. The zero-order valence-corrected chi connectivity index (χ0v) is 15.3. The molecular formula is C19H20N6O2. The second-order valence-corrected chi connectivity index (χ2v) is 6.76. The molecule has 3 aromatic rings. The molecule has 4 rings (SSSR count). The number of aromatic nitrogens is 4. The first-order chi connectivity index (χ1) is 13.0. The number of nitrogens with one attached hydrogen (secondary N) is 1. The minimum atomic E-state index is -0.396. The van der Waals surface area contributed by atoms with Crippen LogP contribution in [0.4, 0.5) is 5.69 Å². The summed E-state index contributed by atoms with van der Waals surface area (Å²) in [5, 5.41) is 7.06. The Labute approximate surface area is 156 Å². The number of hydrogen-bond acceptors (Lipinski definition) is 5. The molecule has 138 valence electrons. The van der Waals surface area contributed by atoms with Gasteiger partial charge in [0.05, 0.1) is 0 Å². The highest BCUT2D eigenvalue weighted by atomic mass is 16.2. The molecule has 0 aliphatic carbocycles. The summed E-state index contributed by atoms with van der Waals surface area (Å²) in [6.07, 6.45) is 1.52. The lowest BCUT2D eigenvalue weighted by Crippen LogP contribution is -2.23. The summed E-state index contributed by atoms with van der Waals surface area (Å²) < 4.78 is 1.55. The quantitative estimate of drug-likeness (QED) is 0.765. The number of aryl methyl sites for hydroxylation is 2. The van der Waals surface area contributed by atoms with Gasteiger partial charge in [0.15, 0.2) is 0 Å². The van der Waals surface area contributed by atoms with Crippen molar-refractivity contribution in [1.82, 2.24) is 24.5 Å². The fourth-order valence-electron chi connectivity index (χ4n) is 3.29. The first-order valence-electron chi connectivity index (χ1n) is 8.89. The summed E-state index contributed by atoms with van der Waals surface area (Å²) in [6, 6.07) is 9.36. The Morgan fingerprint density at radius 3 is 2.85 bits per heavy atom. The zero-order chi connectivity index (χ0) is 19.0. The third-order valence-corrected chi connectivity index (χ3v) is 4.55. The third kappa shape index (κ3) is 3.51. The van der Waals surface area contributed by atoms with Gasteiger partial charge < -0.3 is 10.2 Å². The largest absolute Gasteiger partial charge is 0.338 e. The van der Waals surface area contributed by atoms with Crippen molar-refractivity contribution in [2.75, 3.05) is 11.9 Å². The topological polar surface area (TPSA) is 92.5 Å². The highest BCUT2D eigenvalue weighted by Gasteiger charge is 2.20. The van der Waals surface area contributed by atoms with Gasteiger partial charge in [0, 0.05) is 36.6 Å². The average molecular weight is 364 g/mol. The fourth-order valence-corrected chi connectivity index (χ4v) is 3.29. The molecule has 1 fully saturated rings. The number of hydrogen-bond donors (Lipinski definition) is 1. The lowest BCUT2D eigenvalue weighted by molar-refractivity contribution is -0.128. The van der Waals surface area contributed by atoms with E-state index < -0.39 is 5.91 Å². The Hall–Kier alpha value is -3.29. The number of carbonyl (C=O) groups is 2. The van der Waals surface area contributed by atoms with Crippen molar-refractivity contribution in [2.45, 2.75) is 33.2 Å². The molecule has 3 heterocycles. The molecule has 8 nitrogen and oxygen atoms in total. The van der Waals surface area contributed by atoms with Crippen LogP contribution < -0.4 is 5.32 Å². The summed E-state index contributed by atoms with van der Waals surface area (Å²) in [4.78, 5) is 34.7. The van der Waals surface area contributed by atoms with E-state index in [1.54, 1.807) is 10.6 Å². The summed E-state index contributed by atoms with van der Waals surface area (Å²) in [6.45, 7) is 5.10. The van der Waals surface area contributed by atoms with Crippen LogP contribution in [0.15, 0.2) is 30.3 Å². The Balaban J connectivity index is 1.52. The number of amides is 2. The van der Waals surface area contributed by atoms with E-state index in [-0.39, 0.29) is 11.7 Å². The van der Waals surface area contributed by atoms with Gasteiger partial charge in [-0.25, -0.2) is 9.50 Å². The fraction of sp³-hybridized carbons (Fsp3) is 0.316. The summed E-state index contributed by atoms with van der Waals surface area (Å²) in [7, 11) is 0. The minimum absolute atomic E-state index is 0.0660. The molecule has 2 aromatic heterocycles. The molecule has 1 saturated heterocycles. The standard InChI is InChI=1S/C19H20N6O2/c1-12-9-13(2)25-19(20-12)22-17(23-25)18(27)21-15-6-3-5-14(10-15)11-24-8-4-7-16(24)26/h3,5-6,9-10H,4,7-8,11H2,1-2H3,(H,21,27). The van der Waals surface area contributed by atoms with Gasteiger partial charge in [0.2, 0.25) is 11.7 Å². The maximum Gasteiger partial charge on any atom is 0.295 e. The molecule has 2 amide bonds. The van der Waals surface area contributed by atoms with Crippen LogP contribution in [0.25, 0.3) is 5.78 Å². The summed E-state index contributed by atoms with van der Waals surface area (Å²) in [5.41, 5.74) is 3.30. The van der Waals surface area contributed by atoms with Gasteiger partial charge in [-0.05, 0) is 44.0 Å². The number of fused-ring (bicyclic) bond motifs is 1. The van der Waals surface area contributed by atoms with Gasteiger partial charge in [0.1, 0.15) is 0 Å². The SMILES string of the molecule is Cc1cc(C)n2nc(C(=O)Nc3cccc(CN4CCCC4=O)c3)nc2n1. The average Bonchev–Trinajstić information content (AvgIpc) is 3.22. The van der Waals surface area contributed by atoms with Crippen LogP contribution in [-0.4, -0.2) is 42.8 Å². The van der Waals surface area contributed by atoms with Crippen LogP contribution in [0.5, 0.6) is 0 Å². The number of anilines is 1. The predicted molar refractivity (Wildman–Crippen MR) is 99.3 cm³/mol. The number of rotatable bonds is 4. The molecule has 0 atom stereocenters. The van der Waals surface area contributed by atoms with Gasteiger partial charge >= 0.3 is 0 Å². The summed E-state index contributed by atoms with van der Waals surface area (Å²) in [5.74, 6) is 0.249. The second-order valence-electron chi connectivity index (χ2n) is 6.76. The summed E-state index contributed by atoms with van der Waals surface area (Å²) >= 11 is 0. The molecule has 0 spiro atoms. The lowest BCUT2D eigenvalue weighted by Gasteiger charge is -2.16. The predicted octanol–water partition coefficient (Wildman–Crippen LogP) is 2.12. The molecule has 0 bridgehead atoms. The van der Waals surface area contributed by atoms with Crippen molar-refractivity contribution in [1.29, 1.82) is 0 Å². The van der Waals surface area contributed by atoms with Crippen LogP contribution >= 0.6 is 0 Å². The second kappa shape index (κ2) is 6.79. The molecule has 1 N–H and O–H groups in total. The Bertz CT molecular complexity index is 1040. The van der Waals surface area contributed by atoms with Crippen molar-refractivity contribution in [3.63, 3.8) is 0 Å². The maximum absolute atomic E-state index is 12.5. The van der Waals surface area contributed by atoms with Crippen LogP contribution in [0.2, 0.25) is 0 Å². The van der Waals surface area contributed by atoms with Gasteiger partial charge in [-0.2, -0.15) is 4.98 Å². The molecular weight excluding hydrogens is 344 g/mol. The molecule has 8 heteroatoms. The van der Waals surface area contributed by atoms with E-state index in [0.29, 0.717) is 24.4 Å². The van der Waals surface area contributed by atoms with Gasteiger partial charge in [0.25, 0.3) is 11.7 Å². The van der Waals surface area contributed by atoms with E-state index in [9.17, 15) is 9.59 Å². The van der Waals surface area contributed by atoms with E-state index in [4.69, 9.17) is 0 Å². The van der Waals surface area contributed by atoms with E-state index >= 15 is 0 Å². The Kier molecular flexibility index (Phi) is 4.31. The smallest absolute Gasteiger partial charge is 0.295 e. The van der Waals surface area contributed by atoms with Gasteiger partial charge in [-0.15, -0.1) is 5.10 Å². The monoisotopic (exact) mass is 364 g/mol. The van der Waals surface area contributed by atoms with Crippen molar-refractivity contribution in [3.8, 4) is 0 Å². The zero-order valence-electron chi connectivity index (χ0n) is 15.3. The van der Waals surface area contributed by atoms with Crippen molar-refractivity contribution in [2.24, 2.45) is 0 Å². The van der Waals surface area contributed by atoms with E-state index in [1.807, 2.05) is 43.0 Å². The molecule has 0 radical (unpaired) electrons. The molecule has 27 heavy (non-hydrogen) atoms. The number of carbonyl (C=O) groups excluding carboxylic acids is 2. The Morgan fingerprint density at radius 1 is 1.22 bits per heavy atom. The molecule has 0 unspecified atom stereocenters. The first kappa shape index (κ1) is 17.1. The van der Waals surface area contributed by atoms with Gasteiger partial charge in [-0.1, -0.05) is 12.1 Å². The van der Waals surface area contributed by atoms with Crippen LogP contribution in [0.3, 0.4) is 0 Å². The third-order valence-electron chi connectivity index (χ3n) is 4.55. The normalized spacial score (nSPS) is 14.1. The minimum Gasteiger partial charge on any atom is -0.338 e. The molecule has 1 aliphatic rings. The maximum atomic E-state index is 12.5. The van der Waals surface area contributed by atoms with Gasteiger partial charge in [-0.3, -0.25) is 9.59 Å².